The van der Waals surface area contributed by atoms with Crippen LogP contribution >= 0.6 is 22.9 Å². The Bertz CT molecular complexity index is 510. The van der Waals surface area contributed by atoms with Crippen molar-refractivity contribution in [3.63, 3.8) is 0 Å². The molecule has 2 nitrogen and oxygen atoms in total. The summed E-state index contributed by atoms with van der Waals surface area (Å²) in [7, 11) is 1.78. The van der Waals surface area contributed by atoms with E-state index in [1.54, 1.807) is 11.9 Å². The summed E-state index contributed by atoms with van der Waals surface area (Å²) in [6.45, 7) is 0.524. The molecular weight excluding hydrogens is 254 g/mol. The Hall–Kier alpha value is -1.32. The van der Waals surface area contributed by atoms with Gasteiger partial charge in [0.15, 0.2) is 0 Å². The van der Waals surface area contributed by atoms with E-state index in [2.05, 4.69) is 0 Å². The molecule has 0 unspecified atom stereocenters. The molecule has 2 aromatic rings. The summed E-state index contributed by atoms with van der Waals surface area (Å²) < 4.78 is 0. The van der Waals surface area contributed by atoms with Gasteiger partial charge >= 0.3 is 0 Å². The molecular formula is C13H12ClNOS. The van der Waals surface area contributed by atoms with E-state index in [0.29, 0.717) is 11.6 Å². The van der Waals surface area contributed by atoms with Gasteiger partial charge in [-0.25, -0.2) is 0 Å². The lowest BCUT2D eigenvalue weighted by atomic mass is 10.2. The zero-order chi connectivity index (χ0) is 12.3. The van der Waals surface area contributed by atoms with Crippen LogP contribution in [0.25, 0.3) is 0 Å². The average Bonchev–Trinajstić information content (AvgIpc) is 2.84. The number of carbonyl (C=O) groups is 1. The van der Waals surface area contributed by atoms with Crippen LogP contribution in [0.15, 0.2) is 41.8 Å². The molecule has 1 aromatic heterocycles. The Balaban J connectivity index is 2.10. The van der Waals surface area contributed by atoms with Crippen LogP contribution in [-0.4, -0.2) is 17.9 Å². The third kappa shape index (κ3) is 2.87. The molecule has 0 radical (unpaired) electrons. The van der Waals surface area contributed by atoms with Crippen molar-refractivity contribution in [2.24, 2.45) is 0 Å². The second-order valence-corrected chi connectivity index (χ2v) is 5.08. The maximum atomic E-state index is 12.0. The van der Waals surface area contributed by atoms with Gasteiger partial charge in [-0.3, -0.25) is 4.79 Å². The minimum absolute atomic E-state index is 0.0277. The lowest BCUT2D eigenvalue weighted by molar-refractivity contribution is 0.0790. The average molecular weight is 266 g/mol. The van der Waals surface area contributed by atoms with Gasteiger partial charge in [0.05, 0.1) is 4.88 Å². The van der Waals surface area contributed by atoms with E-state index in [0.717, 1.165) is 10.4 Å². The summed E-state index contributed by atoms with van der Waals surface area (Å²) in [6.07, 6.45) is 0. The van der Waals surface area contributed by atoms with Crippen molar-refractivity contribution in [2.45, 2.75) is 6.54 Å². The van der Waals surface area contributed by atoms with Crippen LogP contribution in [0.2, 0.25) is 5.02 Å². The molecule has 0 saturated heterocycles. The standard InChI is InChI=1S/C13H12ClNOS/c1-15(13(16)12-7-4-8-17-12)9-10-5-2-3-6-11(10)14/h2-8H,9H2,1H3. The number of carbonyl (C=O) groups excluding carboxylic acids is 1. The predicted octanol–water partition coefficient (Wildman–Crippen LogP) is 3.67. The van der Waals surface area contributed by atoms with Crippen molar-refractivity contribution in [1.82, 2.24) is 4.90 Å². The van der Waals surface area contributed by atoms with Gasteiger partial charge in [-0.1, -0.05) is 35.9 Å². The lowest BCUT2D eigenvalue weighted by Gasteiger charge is -2.17. The first-order chi connectivity index (χ1) is 8.18. The Morgan fingerprint density at radius 2 is 2.06 bits per heavy atom. The lowest BCUT2D eigenvalue weighted by Crippen LogP contribution is -2.25. The fourth-order valence-electron chi connectivity index (χ4n) is 1.54. The Morgan fingerprint density at radius 1 is 1.29 bits per heavy atom. The highest BCUT2D eigenvalue weighted by atomic mass is 35.5. The van der Waals surface area contributed by atoms with Crippen LogP contribution in [0.4, 0.5) is 0 Å². The fourth-order valence-corrected chi connectivity index (χ4v) is 2.46. The minimum Gasteiger partial charge on any atom is -0.337 e. The summed E-state index contributed by atoms with van der Waals surface area (Å²) in [5.41, 5.74) is 0.960. The van der Waals surface area contributed by atoms with Gasteiger partial charge in [0, 0.05) is 18.6 Å². The first-order valence-electron chi connectivity index (χ1n) is 5.21. The first-order valence-corrected chi connectivity index (χ1v) is 6.46. The van der Waals surface area contributed by atoms with Gasteiger partial charge in [0.2, 0.25) is 0 Å². The van der Waals surface area contributed by atoms with Gasteiger partial charge in [0.25, 0.3) is 5.91 Å². The number of hydrogen-bond acceptors (Lipinski definition) is 2. The highest BCUT2D eigenvalue weighted by Gasteiger charge is 2.13. The molecule has 1 heterocycles. The monoisotopic (exact) mass is 265 g/mol. The van der Waals surface area contributed by atoms with Crippen molar-refractivity contribution < 1.29 is 4.79 Å². The van der Waals surface area contributed by atoms with E-state index < -0.39 is 0 Å². The predicted molar refractivity (Wildman–Crippen MR) is 71.6 cm³/mol. The molecule has 0 atom stereocenters. The third-order valence-corrected chi connectivity index (χ3v) is 3.67. The number of halogens is 1. The third-order valence-electron chi connectivity index (χ3n) is 2.44. The van der Waals surface area contributed by atoms with Crippen LogP contribution in [0, 0.1) is 0 Å². The summed E-state index contributed by atoms with van der Waals surface area (Å²) >= 11 is 7.51. The zero-order valence-electron chi connectivity index (χ0n) is 9.39. The van der Waals surface area contributed by atoms with E-state index in [1.165, 1.54) is 11.3 Å². The second kappa shape index (κ2) is 5.34. The van der Waals surface area contributed by atoms with Gasteiger partial charge < -0.3 is 4.90 Å². The number of amides is 1. The number of benzene rings is 1. The number of thiophene rings is 1. The first kappa shape index (κ1) is 12.1. The molecule has 0 aliphatic heterocycles. The summed E-state index contributed by atoms with van der Waals surface area (Å²) in [5.74, 6) is 0.0277. The number of nitrogens with zero attached hydrogens (tertiary/aromatic N) is 1. The van der Waals surface area contributed by atoms with Gasteiger partial charge in [-0.05, 0) is 23.1 Å². The molecule has 17 heavy (non-hydrogen) atoms. The highest BCUT2D eigenvalue weighted by molar-refractivity contribution is 7.12. The summed E-state index contributed by atoms with van der Waals surface area (Å²) in [6, 6.07) is 11.3. The Labute approximate surface area is 109 Å². The van der Waals surface area contributed by atoms with E-state index >= 15 is 0 Å². The van der Waals surface area contributed by atoms with Gasteiger partial charge in [-0.15, -0.1) is 11.3 Å². The molecule has 0 aliphatic rings. The molecule has 0 spiro atoms. The van der Waals surface area contributed by atoms with Crippen molar-refractivity contribution in [1.29, 1.82) is 0 Å². The second-order valence-electron chi connectivity index (χ2n) is 3.73. The molecule has 0 bridgehead atoms. The smallest absolute Gasteiger partial charge is 0.263 e. The van der Waals surface area contributed by atoms with Crippen molar-refractivity contribution in [3.8, 4) is 0 Å². The summed E-state index contributed by atoms with van der Waals surface area (Å²) in [5, 5.41) is 2.59. The number of rotatable bonds is 3. The van der Waals surface area contributed by atoms with E-state index in [9.17, 15) is 4.79 Å². The molecule has 4 heteroatoms. The zero-order valence-corrected chi connectivity index (χ0v) is 11.0. The van der Waals surface area contributed by atoms with Crippen molar-refractivity contribution >= 4 is 28.8 Å². The molecule has 88 valence electrons. The Morgan fingerprint density at radius 3 is 2.71 bits per heavy atom. The van der Waals surface area contributed by atoms with Gasteiger partial charge in [0.1, 0.15) is 0 Å². The fraction of sp³-hybridized carbons (Fsp3) is 0.154. The highest BCUT2D eigenvalue weighted by Crippen LogP contribution is 2.18. The van der Waals surface area contributed by atoms with Crippen LogP contribution < -0.4 is 0 Å². The molecule has 0 saturated carbocycles. The van der Waals surface area contributed by atoms with E-state index in [-0.39, 0.29) is 5.91 Å². The Kier molecular flexibility index (Phi) is 3.82. The maximum absolute atomic E-state index is 12.0. The number of hydrogen-bond donors (Lipinski definition) is 0. The van der Waals surface area contributed by atoms with Crippen LogP contribution in [0.3, 0.4) is 0 Å². The van der Waals surface area contributed by atoms with Crippen LogP contribution in [0.5, 0.6) is 0 Å². The largest absolute Gasteiger partial charge is 0.337 e. The normalized spacial score (nSPS) is 10.2. The quantitative estimate of drug-likeness (QED) is 0.829. The molecule has 2 rings (SSSR count). The van der Waals surface area contributed by atoms with Crippen LogP contribution in [0.1, 0.15) is 15.2 Å². The maximum Gasteiger partial charge on any atom is 0.263 e. The molecule has 1 aromatic carbocycles. The van der Waals surface area contributed by atoms with E-state index in [4.69, 9.17) is 11.6 Å². The molecule has 1 amide bonds. The van der Waals surface area contributed by atoms with Crippen molar-refractivity contribution in [3.05, 3.63) is 57.2 Å². The minimum atomic E-state index is 0.0277. The topological polar surface area (TPSA) is 20.3 Å². The molecule has 0 aliphatic carbocycles. The van der Waals surface area contributed by atoms with E-state index in [1.807, 2.05) is 41.8 Å². The van der Waals surface area contributed by atoms with Crippen LogP contribution in [-0.2, 0) is 6.54 Å². The SMILES string of the molecule is CN(Cc1ccccc1Cl)C(=O)c1cccs1. The molecule has 0 N–H and O–H groups in total. The summed E-state index contributed by atoms with van der Waals surface area (Å²) in [4.78, 5) is 14.4. The van der Waals surface area contributed by atoms with Crippen molar-refractivity contribution in [2.75, 3.05) is 7.05 Å². The molecule has 0 fully saturated rings. The van der Waals surface area contributed by atoms with Gasteiger partial charge in [-0.2, -0.15) is 0 Å².